The first-order valence-corrected chi connectivity index (χ1v) is 8.21. The summed E-state index contributed by atoms with van der Waals surface area (Å²) in [6, 6.07) is 5.79. The number of rotatable bonds is 5. The van der Waals surface area contributed by atoms with E-state index in [1.54, 1.807) is 0 Å². The first-order chi connectivity index (χ1) is 11.1. The minimum Gasteiger partial charge on any atom is -0.379 e. The fourth-order valence-corrected chi connectivity index (χ4v) is 2.69. The summed E-state index contributed by atoms with van der Waals surface area (Å²) < 4.78 is 5.31. The molecule has 3 rings (SSSR count). The predicted molar refractivity (Wildman–Crippen MR) is 90.7 cm³/mol. The lowest BCUT2D eigenvalue weighted by Gasteiger charge is -2.26. The van der Waals surface area contributed by atoms with Crippen LogP contribution in [0.2, 0.25) is 0 Å². The molecule has 0 atom stereocenters. The van der Waals surface area contributed by atoms with E-state index < -0.39 is 0 Å². The minimum atomic E-state index is 0.0411. The number of morpholine rings is 1. The van der Waals surface area contributed by atoms with Crippen molar-refractivity contribution >= 4 is 22.6 Å². The van der Waals surface area contributed by atoms with Gasteiger partial charge in [0.25, 0.3) is 0 Å². The summed E-state index contributed by atoms with van der Waals surface area (Å²) >= 11 is 0. The first kappa shape index (κ1) is 16.0. The Morgan fingerprint density at radius 3 is 2.91 bits per heavy atom. The van der Waals surface area contributed by atoms with Crippen LogP contribution in [0.5, 0.6) is 0 Å². The van der Waals surface area contributed by atoms with Gasteiger partial charge in [-0.2, -0.15) is 0 Å². The number of carbonyl (C=O) groups is 1. The van der Waals surface area contributed by atoms with E-state index in [1.807, 2.05) is 18.2 Å². The number of carbonyl (C=O) groups excluding carboxylic acids is 1. The van der Waals surface area contributed by atoms with Crippen LogP contribution in [-0.4, -0.2) is 53.6 Å². The van der Waals surface area contributed by atoms with Crippen LogP contribution in [0, 0.1) is 0 Å². The fraction of sp³-hybridized carbons (Fsp3) is 0.529. The highest BCUT2D eigenvalue weighted by atomic mass is 16.5. The molecular formula is C17H24N4O2. The van der Waals surface area contributed by atoms with Crippen molar-refractivity contribution in [3.8, 4) is 0 Å². The molecule has 0 aliphatic carbocycles. The van der Waals surface area contributed by atoms with Crippen molar-refractivity contribution < 1.29 is 9.53 Å². The van der Waals surface area contributed by atoms with Crippen LogP contribution in [-0.2, 0) is 9.53 Å². The van der Waals surface area contributed by atoms with Crippen molar-refractivity contribution in [3.63, 3.8) is 0 Å². The lowest BCUT2D eigenvalue weighted by molar-refractivity contribution is -0.116. The SMILES string of the molecule is CC(C)c1nc2ccc(NC(=O)CCN3CCOCC3)cc2[nH]1. The maximum atomic E-state index is 12.1. The Hall–Kier alpha value is -1.92. The van der Waals surface area contributed by atoms with Gasteiger partial charge in [-0.15, -0.1) is 0 Å². The van der Waals surface area contributed by atoms with Crippen molar-refractivity contribution in [3.05, 3.63) is 24.0 Å². The second kappa shape index (κ2) is 7.10. The molecule has 6 heteroatoms. The highest BCUT2D eigenvalue weighted by molar-refractivity contribution is 5.93. The average molecular weight is 316 g/mol. The average Bonchev–Trinajstić information content (AvgIpc) is 2.97. The molecule has 0 saturated carbocycles. The van der Waals surface area contributed by atoms with E-state index in [0.717, 1.165) is 55.4 Å². The highest BCUT2D eigenvalue weighted by Gasteiger charge is 2.12. The summed E-state index contributed by atoms with van der Waals surface area (Å²) in [6.07, 6.45) is 0.498. The second-order valence-electron chi connectivity index (χ2n) is 6.26. The van der Waals surface area contributed by atoms with Crippen molar-refractivity contribution in [1.29, 1.82) is 0 Å². The predicted octanol–water partition coefficient (Wildman–Crippen LogP) is 2.35. The van der Waals surface area contributed by atoms with Gasteiger partial charge in [0.15, 0.2) is 0 Å². The molecular weight excluding hydrogens is 292 g/mol. The maximum Gasteiger partial charge on any atom is 0.225 e. The zero-order chi connectivity index (χ0) is 16.2. The van der Waals surface area contributed by atoms with Gasteiger partial charge in [0.2, 0.25) is 5.91 Å². The van der Waals surface area contributed by atoms with Gasteiger partial charge >= 0.3 is 0 Å². The van der Waals surface area contributed by atoms with Crippen molar-refractivity contribution in [1.82, 2.24) is 14.9 Å². The van der Waals surface area contributed by atoms with Crippen LogP contribution in [0.15, 0.2) is 18.2 Å². The van der Waals surface area contributed by atoms with E-state index in [-0.39, 0.29) is 5.91 Å². The van der Waals surface area contributed by atoms with Crippen LogP contribution in [0.25, 0.3) is 11.0 Å². The topological polar surface area (TPSA) is 70.2 Å². The molecule has 6 nitrogen and oxygen atoms in total. The van der Waals surface area contributed by atoms with E-state index in [9.17, 15) is 4.79 Å². The molecule has 1 fully saturated rings. The molecule has 0 spiro atoms. The number of nitrogens with zero attached hydrogens (tertiary/aromatic N) is 2. The highest BCUT2D eigenvalue weighted by Crippen LogP contribution is 2.20. The van der Waals surface area contributed by atoms with Crippen LogP contribution in [0.1, 0.15) is 32.0 Å². The Morgan fingerprint density at radius 2 is 2.17 bits per heavy atom. The van der Waals surface area contributed by atoms with Gasteiger partial charge in [0, 0.05) is 37.7 Å². The van der Waals surface area contributed by atoms with Crippen molar-refractivity contribution in [2.75, 3.05) is 38.2 Å². The zero-order valence-electron chi connectivity index (χ0n) is 13.8. The third-order valence-corrected chi connectivity index (χ3v) is 4.09. The Labute approximate surface area is 136 Å². The number of anilines is 1. The summed E-state index contributed by atoms with van der Waals surface area (Å²) in [7, 11) is 0. The molecule has 0 unspecified atom stereocenters. The van der Waals surface area contributed by atoms with Crippen LogP contribution in [0.4, 0.5) is 5.69 Å². The van der Waals surface area contributed by atoms with E-state index >= 15 is 0 Å². The third-order valence-electron chi connectivity index (χ3n) is 4.09. The molecule has 1 aromatic heterocycles. The normalized spacial score (nSPS) is 16.1. The van der Waals surface area contributed by atoms with Gasteiger partial charge in [-0.25, -0.2) is 4.98 Å². The Balaban J connectivity index is 1.58. The van der Waals surface area contributed by atoms with Gasteiger partial charge in [-0.1, -0.05) is 13.8 Å². The number of nitrogens with one attached hydrogen (secondary N) is 2. The van der Waals surface area contributed by atoms with E-state index in [0.29, 0.717) is 12.3 Å². The third kappa shape index (κ3) is 4.09. The lowest BCUT2D eigenvalue weighted by atomic mass is 10.2. The molecule has 1 aromatic carbocycles. The number of fused-ring (bicyclic) bond motifs is 1. The van der Waals surface area contributed by atoms with E-state index in [4.69, 9.17) is 4.74 Å². The van der Waals surface area contributed by atoms with Crippen molar-refractivity contribution in [2.45, 2.75) is 26.2 Å². The largest absolute Gasteiger partial charge is 0.379 e. The number of hydrogen-bond donors (Lipinski definition) is 2. The molecule has 2 aromatic rings. The summed E-state index contributed by atoms with van der Waals surface area (Å²) in [4.78, 5) is 22.2. The number of aromatic amines is 1. The van der Waals surface area contributed by atoms with Crippen LogP contribution >= 0.6 is 0 Å². The molecule has 2 N–H and O–H groups in total. The minimum absolute atomic E-state index is 0.0411. The molecule has 0 bridgehead atoms. The Bertz CT molecular complexity index is 674. The summed E-state index contributed by atoms with van der Waals surface area (Å²) in [5.41, 5.74) is 2.70. The van der Waals surface area contributed by atoms with Crippen LogP contribution < -0.4 is 5.32 Å². The van der Waals surface area contributed by atoms with Gasteiger partial charge < -0.3 is 15.0 Å². The van der Waals surface area contributed by atoms with Gasteiger partial charge in [-0.3, -0.25) is 9.69 Å². The van der Waals surface area contributed by atoms with E-state index in [1.165, 1.54) is 0 Å². The lowest BCUT2D eigenvalue weighted by Crippen LogP contribution is -2.38. The van der Waals surface area contributed by atoms with Gasteiger partial charge in [0.05, 0.1) is 24.2 Å². The quantitative estimate of drug-likeness (QED) is 0.888. The number of aromatic nitrogens is 2. The Morgan fingerprint density at radius 1 is 1.39 bits per heavy atom. The fourth-order valence-electron chi connectivity index (χ4n) is 2.69. The first-order valence-electron chi connectivity index (χ1n) is 8.21. The standard InChI is InChI=1S/C17H24N4O2/c1-12(2)17-19-14-4-3-13(11-15(14)20-17)18-16(22)5-6-21-7-9-23-10-8-21/h3-4,11-12H,5-10H2,1-2H3,(H,18,22)(H,19,20). The zero-order valence-corrected chi connectivity index (χ0v) is 13.8. The Kier molecular flexibility index (Phi) is 4.93. The molecule has 1 amide bonds. The maximum absolute atomic E-state index is 12.1. The number of ether oxygens (including phenoxy) is 1. The second-order valence-corrected chi connectivity index (χ2v) is 6.26. The molecule has 1 aliphatic heterocycles. The van der Waals surface area contributed by atoms with Crippen molar-refractivity contribution in [2.24, 2.45) is 0 Å². The molecule has 1 aliphatic rings. The van der Waals surface area contributed by atoms with Gasteiger partial charge in [-0.05, 0) is 18.2 Å². The van der Waals surface area contributed by atoms with Gasteiger partial charge in [0.1, 0.15) is 5.82 Å². The molecule has 1 saturated heterocycles. The molecule has 124 valence electrons. The summed E-state index contributed by atoms with van der Waals surface area (Å²) in [5, 5.41) is 2.97. The summed E-state index contributed by atoms with van der Waals surface area (Å²) in [6.45, 7) is 8.32. The molecule has 23 heavy (non-hydrogen) atoms. The molecule has 0 radical (unpaired) electrons. The van der Waals surface area contributed by atoms with Crippen LogP contribution in [0.3, 0.4) is 0 Å². The number of H-pyrrole nitrogens is 1. The smallest absolute Gasteiger partial charge is 0.225 e. The molecule has 2 heterocycles. The number of amides is 1. The number of imidazole rings is 1. The summed E-state index contributed by atoms with van der Waals surface area (Å²) in [5.74, 6) is 1.36. The number of hydrogen-bond acceptors (Lipinski definition) is 4. The number of benzene rings is 1. The van der Waals surface area contributed by atoms with E-state index in [2.05, 4.69) is 34.0 Å². The monoisotopic (exact) mass is 316 g/mol.